The summed E-state index contributed by atoms with van der Waals surface area (Å²) in [6.07, 6.45) is -0.0200. The van der Waals surface area contributed by atoms with Gasteiger partial charge in [-0.1, -0.05) is 24.3 Å². The van der Waals surface area contributed by atoms with Crippen LogP contribution in [-0.2, 0) is 19.2 Å². The van der Waals surface area contributed by atoms with E-state index in [0.717, 1.165) is 36.5 Å². The Kier molecular flexibility index (Phi) is 4.90. The number of anilines is 1. The Bertz CT molecular complexity index is 958. The summed E-state index contributed by atoms with van der Waals surface area (Å²) in [4.78, 5) is 8.61. The zero-order valence-corrected chi connectivity index (χ0v) is 14.9. The zero-order chi connectivity index (χ0) is 19.6. The van der Waals surface area contributed by atoms with Crippen molar-refractivity contribution in [3.63, 3.8) is 0 Å². The molecule has 0 saturated carbocycles. The van der Waals surface area contributed by atoms with Gasteiger partial charge in [0.05, 0.1) is 5.56 Å². The molecule has 0 aliphatic carbocycles. The van der Waals surface area contributed by atoms with E-state index < -0.39 is 11.7 Å². The van der Waals surface area contributed by atoms with E-state index in [4.69, 9.17) is 4.74 Å². The monoisotopic (exact) mass is 385 g/mol. The maximum atomic E-state index is 12.8. The van der Waals surface area contributed by atoms with Gasteiger partial charge >= 0.3 is 6.18 Å². The molecule has 2 aromatic heterocycles. The van der Waals surface area contributed by atoms with Crippen molar-refractivity contribution in [2.45, 2.75) is 25.1 Å². The average Bonchev–Trinajstić information content (AvgIpc) is 3.10. The van der Waals surface area contributed by atoms with Gasteiger partial charge in [-0.3, -0.25) is 0 Å². The van der Waals surface area contributed by atoms with Gasteiger partial charge in [0.25, 0.3) is 0 Å². The number of rotatable bonds is 5. The van der Waals surface area contributed by atoms with Crippen LogP contribution in [0.4, 0.5) is 19.0 Å². The highest BCUT2D eigenvalue weighted by atomic mass is 19.4. The first-order valence-electron chi connectivity index (χ1n) is 8.92. The fourth-order valence-electron chi connectivity index (χ4n) is 3.30. The Labute approximate surface area is 160 Å². The van der Waals surface area contributed by atoms with Crippen molar-refractivity contribution in [1.29, 1.82) is 0 Å². The first kappa shape index (κ1) is 18.3. The van der Waals surface area contributed by atoms with E-state index in [1.165, 1.54) is 11.6 Å². The van der Waals surface area contributed by atoms with Crippen molar-refractivity contribution in [2.75, 3.05) is 11.9 Å². The molecular formula is C21H18F3N3O. The lowest BCUT2D eigenvalue weighted by atomic mass is 9.96. The zero-order valence-electron chi connectivity index (χ0n) is 14.9. The molecule has 1 aromatic carbocycles. The maximum absolute atomic E-state index is 12.8. The number of nitrogens with zero attached hydrogens (tertiary/aromatic N) is 2. The lowest BCUT2D eigenvalue weighted by molar-refractivity contribution is -0.137. The summed E-state index contributed by atoms with van der Waals surface area (Å²) in [7, 11) is 0. The fourth-order valence-corrected chi connectivity index (χ4v) is 3.30. The molecule has 4 nitrogen and oxygen atoms in total. The second kappa shape index (κ2) is 7.50. The number of fused-ring (bicyclic) bond motifs is 1. The van der Waals surface area contributed by atoms with Gasteiger partial charge in [0.1, 0.15) is 12.4 Å². The summed E-state index contributed by atoms with van der Waals surface area (Å²) in [6, 6.07) is 12.8. The molecule has 0 amide bonds. The second-order valence-corrected chi connectivity index (χ2v) is 6.71. The van der Waals surface area contributed by atoms with E-state index in [1.807, 2.05) is 12.1 Å². The Balaban J connectivity index is 1.37. The van der Waals surface area contributed by atoms with Gasteiger partial charge in [0, 0.05) is 30.9 Å². The lowest BCUT2D eigenvalue weighted by Crippen LogP contribution is -2.07. The van der Waals surface area contributed by atoms with E-state index >= 15 is 0 Å². The number of alkyl halides is 3. The van der Waals surface area contributed by atoms with Crippen LogP contribution >= 0.6 is 0 Å². The van der Waals surface area contributed by atoms with Gasteiger partial charge in [-0.15, -0.1) is 0 Å². The molecule has 1 N–H and O–H groups in total. The summed E-state index contributed by atoms with van der Waals surface area (Å²) in [5.41, 5.74) is 2.03. The summed E-state index contributed by atoms with van der Waals surface area (Å²) < 4.78 is 43.9. The molecule has 1 aliphatic rings. The predicted molar refractivity (Wildman–Crippen MR) is 99.2 cm³/mol. The van der Waals surface area contributed by atoms with Crippen LogP contribution in [0.2, 0.25) is 0 Å². The molecule has 1 aliphatic heterocycles. The van der Waals surface area contributed by atoms with Crippen molar-refractivity contribution < 1.29 is 17.9 Å². The largest absolute Gasteiger partial charge is 0.473 e. The summed E-state index contributed by atoms with van der Waals surface area (Å²) >= 11 is 0. The molecule has 0 bridgehead atoms. The van der Waals surface area contributed by atoms with E-state index in [1.54, 1.807) is 24.5 Å². The number of hydrogen-bond acceptors (Lipinski definition) is 4. The van der Waals surface area contributed by atoms with Crippen molar-refractivity contribution in [2.24, 2.45) is 0 Å². The molecule has 0 spiro atoms. The fraction of sp³-hybridized carbons (Fsp3) is 0.238. The Morgan fingerprint density at radius 1 is 1.04 bits per heavy atom. The number of ether oxygens (including phenoxy) is 1. The van der Waals surface area contributed by atoms with Crippen molar-refractivity contribution in [3.8, 4) is 5.88 Å². The summed E-state index contributed by atoms with van der Waals surface area (Å²) in [6.45, 7) is 0.863. The van der Waals surface area contributed by atoms with E-state index in [0.29, 0.717) is 17.4 Å². The standard InChI is InChI=1S/C21H18F3N3O/c22-21(23,24)17-4-1-3-15(10-17)13-28-19-7-6-14(11-26-19)9-16-12-27-20-18(16)5-2-8-25-20/h1-8,10-11,16H,9,12-13H2,(H,25,27). The highest BCUT2D eigenvalue weighted by Crippen LogP contribution is 2.32. The van der Waals surface area contributed by atoms with Crippen molar-refractivity contribution in [3.05, 3.63) is 83.2 Å². The molecular weight excluding hydrogens is 367 g/mol. The molecule has 1 atom stereocenters. The van der Waals surface area contributed by atoms with Crippen LogP contribution in [-0.4, -0.2) is 16.5 Å². The third-order valence-corrected chi connectivity index (χ3v) is 4.72. The number of nitrogens with one attached hydrogen (secondary N) is 1. The van der Waals surface area contributed by atoms with Gasteiger partial charge in [0.15, 0.2) is 0 Å². The molecule has 4 rings (SSSR count). The minimum Gasteiger partial charge on any atom is -0.473 e. The minimum atomic E-state index is -4.36. The van der Waals surface area contributed by atoms with Gasteiger partial charge in [-0.25, -0.2) is 9.97 Å². The number of aromatic nitrogens is 2. The molecule has 28 heavy (non-hydrogen) atoms. The first-order valence-corrected chi connectivity index (χ1v) is 8.92. The molecule has 7 heteroatoms. The van der Waals surface area contributed by atoms with E-state index in [-0.39, 0.29) is 6.61 Å². The molecule has 3 aromatic rings. The summed E-state index contributed by atoms with van der Waals surface area (Å²) in [5, 5.41) is 3.30. The molecule has 3 heterocycles. The van der Waals surface area contributed by atoms with Crippen LogP contribution in [0.5, 0.6) is 5.88 Å². The highest BCUT2D eigenvalue weighted by molar-refractivity contribution is 5.52. The molecule has 0 saturated heterocycles. The van der Waals surface area contributed by atoms with Crippen molar-refractivity contribution in [1.82, 2.24) is 9.97 Å². The first-order chi connectivity index (χ1) is 13.5. The van der Waals surface area contributed by atoms with E-state index in [9.17, 15) is 13.2 Å². The van der Waals surface area contributed by atoms with Gasteiger partial charge in [0.2, 0.25) is 5.88 Å². The van der Waals surface area contributed by atoms with Crippen LogP contribution in [0.15, 0.2) is 60.9 Å². The average molecular weight is 385 g/mol. The van der Waals surface area contributed by atoms with Crippen LogP contribution in [0, 0.1) is 0 Å². The second-order valence-electron chi connectivity index (χ2n) is 6.71. The molecule has 0 fully saturated rings. The minimum absolute atomic E-state index is 0.0296. The Morgan fingerprint density at radius 3 is 2.71 bits per heavy atom. The highest BCUT2D eigenvalue weighted by Gasteiger charge is 2.30. The third-order valence-electron chi connectivity index (χ3n) is 4.72. The molecule has 0 radical (unpaired) electrons. The van der Waals surface area contributed by atoms with Gasteiger partial charge in [-0.05, 0) is 41.3 Å². The van der Waals surface area contributed by atoms with Crippen LogP contribution in [0.25, 0.3) is 0 Å². The number of pyridine rings is 2. The maximum Gasteiger partial charge on any atom is 0.416 e. The number of halogens is 3. The van der Waals surface area contributed by atoms with Crippen LogP contribution in [0.3, 0.4) is 0 Å². The predicted octanol–water partition coefficient (Wildman–Crippen LogP) is 4.83. The number of hydrogen-bond donors (Lipinski definition) is 1. The van der Waals surface area contributed by atoms with Crippen LogP contribution < -0.4 is 10.1 Å². The SMILES string of the molecule is FC(F)(F)c1cccc(COc2ccc(CC3CNc4ncccc43)cn2)c1. The number of benzene rings is 1. The Morgan fingerprint density at radius 2 is 1.93 bits per heavy atom. The van der Waals surface area contributed by atoms with Gasteiger partial charge in [-0.2, -0.15) is 13.2 Å². The van der Waals surface area contributed by atoms with Crippen molar-refractivity contribution >= 4 is 5.82 Å². The summed E-state index contributed by atoms with van der Waals surface area (Å²) in [5.74, 6) is 1.65. The normalized spacial score (nSPS) is 15.8. The Hall–Kier alpha value is -3.09. The molecule has 1 unspecified atom stereocenters. The van der Waals surface area contributed by atoms with Gasteiger partial charge < -0.3 is 10.1 Å². The lowest BCUT2D eigenvalue weighted by Gasteiger charge is -2.11. The smallest absolute Gasteiger partial charge is 0.416 e. The van der Waals surface area contributed by atoms with Crippen LogP contribution in [0.1, 0.15) is 28.2 Å². The van der Waals surface area contributed by atoms with E-state index in [2.05, 4.69) is 21.4 Å². The third kappa shape index (κ3) is 4.08. The molecule has 144 valence electrons. The topological polar surface area (TPSA) is 47.0 Å². The quantitative estimate of drug-likeness (QED) is 0.684.